The molecule has 2 atom stereocenters. The Morgan fingerprint density at radius 2 is 0.967 bits per heavy atom. The second kappa shape index (κ2) is 18.7. The standard InChI is InChI=1S/C26H48O4/c1-3-5-7-9-10-11-12-13-14-16-21-30-26(28)24-19-17-18-23(22-24)25(27)29-20-15-8-6-4-2/h23-24H,3-22H2,1-2H3. The van der Waals surface area contributed by atoms with E-state index < -0.39 is 0 Å². The molecule has 1 aliphatic rings. The number of carbonyl (C=O) groups excluding carboxylic acids is 2. The van der Waals surface area contributed by atoms with Gasteiger partial charge in [0.15, 0.2) is 0 Å². The molecule has 0 N–H and O–H groups in total. The van der Waals surface area contributed by atoms with Gasteiger partial charge in [0.25, 0.3) is 0 Å². The molecule has 1 fully saturated rings. The number of hydrogen-bond donors (Lipinski definition) is 0. The molecule has 30 heavy (non-hydrogen) atoms. The molecule has 2 unspecified atom stereocenters. The lowest BCUT2D eigenvalue weighted by Crippen LogP contribution is -2.30. The summed E-state index contributed by atoms with van der Waals surface area (Å²) in [5, 5.41) is 0. The molecular formula is C26H48O4. The summed E-state index contributed by atoms with van der Waals surface area (Å²) < 4.78 is 11.0. The van der Waals surface area contributed by atoms with Crippen LogP contribution in [0.15, 0.2) is 0 Å². The maximum atomic E-state index is 12.4. The Morgan fingerprint density at radius 1 is 0.600 bits per heavy atom. The van der Waals surface area contributed by atoms with Gasteiger partial charge in [-0.05, 0) is 32.1 Å². The SMILES string of the molecule is CCCCCCCCCCCCOC(=O)C1CCCC(C(=O)OCCCCCC)C1. The van der Waals surface area contributed by atoms with Gasteiger partial charge in [-0.3, -0.25) is 9.59 Å². The predicted molar refractivity (Wildman–Crippen MR) is 123 cm³/mol. The summed E-state index contributed by atoms with van der Waals surface area (Å²) in [7, 11) is 0. The number of ether oxygens (including phenoxy) is 2. The van der Waals surface area contributed by atoms with Crippen LogP contribution in [0.3, 0.4) is 0 Å². The average molecular weight is 425 g/mol. The zero-order chi connectivity index (χ0) is 21.9. The van der Waals surface area contributed by atoms with Crippen LogP contribution in [0, 0.1) is 11.8 Å². The highest BCUT2D eigenvalue weighted by Crippen LogP contribution is 2.31. The molecule has 0 aliphatic heterocycles. The zero-order valence-electron chi connectivity index (χ0n) is 19.9. The van der Waals surface area contributed by atoms with Crippen LogP contribution in [0.4, 0.5) is 0 Å². The Morgan fingerprint density at radius 3 is 1.40 bits per heavy atom. The van der Waals surface area contributed by atoms with E-state index in [2.05, 4.69) is 13.8 Å². The Labute approximate surface area is 185 Å². The van der Waals surface area contributed by atoms with Gasteiger partial charge in [-0.1, -0.05) is 97.3 Å². The van der Waals surface area contributed by atoms with Crippen LogP contribution in [-0.2, 0) is 19.1 Å². The molecule has 4 heteroatoms. The summed E-state index contributed by atoms with van der Waals surface area (Å²) in [5.74, 6) is -0.468. The molecule has 0 spiro atoms. The van der Waals surface area contributed by atoms with Gasteiger partial charge in [-0.25, -0.2) is 0 Å². The molecule has 1 saturated carbocycles. The van der Waals surface area contributed by atoms with E-state index in [1.54, 1.807) is 0 Å². The van der Waals surface area contributed by atoms with Crippen LogP contribution in [0.5, 0.6) is 0 Å². The third-order valence-electron chi connectivity index (χ3n) is 6.33. The molecule has 0 bridgehead atoms. The van der Waals surface area contributed by atoms with Gasteiger partial charge in [0.1, 0.15) is 0 Å². The van der Waals surface area contributed by atoms with Gasteiger partial charge < -0.3 is 9.47 Å². The van der Waals surface area contributed by atoms with Crippen molar-refractivity contribution in [2.45, 2.75) is 129 Å². The Kier molecular flexibility index (Phi) is 16.8. The van der Waals surface area contributed by atoms with Crippen molar-refractivity contribution in [1.82, 2.24) is 0 Å². The van der Waals surface area contributed by atoms with Gasteiger partial charge in [0.2, 0.25) is 0 Å². The highest BCUT2D eigenvalue weighted by Gasteiger charge is 2.32. The molecule has 0 aromatic heterocycles. The number of hydrogen-bond acceptors (Lipinski definition) is 4. The first-order valence-electron chi connectivity index (χ1n) is 13.0. The summed E-state index contributed by atoms with van der Waals surface area (Å²) >= 11 is 0. The second-order valence-corrected chi connectivity index (χ2v) is 9.14. The average Bonchev–Trinajstić information content (AvgIpc) is 2.77. The third kappa shape index (κ3) is 13.3. The molecule has 0 aromatic rings. The van der Waals surface area contributed by atoms with Gasteiger partial charge in [0.05, 0.1) is 25.0 Å². The fourth-order valence-electron chi connectivity index (χ4n) is 4.32. The van der Waals surface area contributed by atoms with Gasteiger partial charge in [-0.2, -0.15) is 0 Å². The number of unbranched alkanes of at least 4 members (excludes halogenated alkanes) is 12. The first-order valence-corrected chi connectivity index (χ1v) is 13.0. The summed E-state index contributed by atoms with van der Waals surface area (Å²) in [5.41, 5.74) is 0. The molecular weight excluding hydrogens is 376 g/mol. The van der Waals surface area contributed by atoms with Crippen molar-refractivity contribution in [3.8, 4) is 0 Å². The quantitative estimate of drug-likeness (QED) is 0.170. The molecule has 0 heterocycles. The maximum absolute atomic E-state index is 12.4. The lowest BCUT2D eigenvalue weighted by atomic mass is 9.81. The lowest BCUT2D eigenvalue weighted by Gasteiger charge is -2.26. The Hall–Kier alpha value is -1.06. The van der Waals surface area contributed by atoms with Crippen LogP contribution < -0.4 is 0 Å². The normalized spacial score (nSPS) is 18.9. The van der Waals surface area contributed by atoms with E-state index in [9.17, 15) is 9.59 Å². The molecule has 176 valence electrons. The van der Waals surface area contributed by atoms with E-state index in [1.165, 1.54) is 64.2 Å². The molecule has 4 nitrogen and oxygen atoms in total. The summed E-state index contributed by atoms with van der Waals surface area (Å²) in [6, 6.07) is 0. The summed E-state index contributed by atoms with van der Waals surface area (Å²) in [6.07, 6.45) is 20.4. The van der Waals surface area contributed by atoms with Crippen LogP contribution in [0.2, 0.25) is 0 Å². The summed E-state index contributed by atoms with van der Waals surface area (Å²) in [6.45, 7) is 5.47. The van der Waals surface area contributed by atoms with Crippen molar-refractivity contribution in [2.24, 2.45) is 11.8 Å². The maximum Gasteiger partial charge on any atom is 0.308 e. The number of rotatable bonds is 18. The van der Waals surface area contributed by atoms with Crippen LogP contribution in [0.1, 0.15) is 129 Å². The zero-order valence-corrected chi connectivity index (χ0v) is 19.9. The molecule has 1 rings (SSSR count). The van der Waals surface area contributed by atoms with Crippen molar-refractivity contribution < 1.29 is 19.1 Å². The van der Waals surface area contributed by atoms with Crippen LogP contribution >= 0.6 is 0 Å². The summed E-state index contributed by atoms with van der Waals surface area (Å²) in [4.78, 5) is 24.7. The van der Waals surface area contributed by atoms with Crippen molar-refractivity contribution in [1.29, 1.82) is 0 Å². The lowest BCUT2D eigenvalue weighted by molar-refractivity contribution is -0.155. The first kappa shape index (κ1) is 27.0. The smallest absolute Gasteiger partial charge is 0.308 e. The van der Waals surface area contributed by atoms with Crippen molar-refractivity contribution in [2.75, 3.05) is 13.2 Å². The van der Waals surface area contributed by atoms with E-state index in [-0.39, 0.29) is 23.8 Å². The third-order valence-corrected chi connectivity index (χ3v) is 6.33. The largest absolute Gasteiger partial charge is 0.465 e. The second-order valence-electron chi connectivity index (χ2n) is 9.14. The minimum Gasteiger partial charge on any atom is -0.465 e. The van der Waals surface area contributed by atoms with Gasteiger partial charge >= 0.3 is 11.9 Å². The van der Waals surface area contributed by atoms with E-state index in [0.717, 1.165) is 44.9 Å². The van der Waals surface area contributed by atoms with Crippen molar-refractivity contribution >= 4 is 11.9 Å². The monoisotopic (exact) mass is 424 g/mol. The number of esters is 2. The van der Waals surface area contributed by atoms with E-state index in [4.69, 9.17) is 9.47 Å². The minimum atomic E-state index is -0.125. The van der Waals surface area contributed by atoms with E-state index in [1.807, 2.05) is 0 Å². The Bertz CT molecular complexity index is 435. The Balaban J connectivity index is 2.05. The predicted octanol–water partition coefficient (Wildman–Crippen LogP) is 7.38. The molecule has 0 amide bonds. The van der Waals surface area contributed by atoms with Crippen molar-refractivity contribution in [3.63, 3.8) is 0 Å². The van der Waals surface area contributed by atoms with E-state index >= 15 is 0 Å². The molecule has 0 saturated heterocycles. The van der Waals surface area contributed by atoms with Gasteiger partial charge in [-0.15, -0.1) is 0 Å². The minimum absolute atomic E-state index is 0.105. The van der Waals surface area contributed by atoms with Gasteiger partial charge in [0, 0.05) is 0 Å². The fourth-order valence-corrected chi connectivity index (χ4v) is 4.32. The van der Waals surface area contributed by atoms with Crippen LogP contribution in [-0.4, -0.2) is 25.2 Å². The molecule has 1 aliphatic carbocycles. The first-order chi connectivity index (χ1) is 14.7. The highest BCUT2D eigenvalue weighted by atomic mass is 16.5. The molecule has 0 radical (unpaired) electrons. The molecule has 0 aromatic carbocycles. The van der Waals surface area contributed by atoms with Crippen LogP contribution in [0.25, 0.3) is 0 Å². The highest BCUT2D eigenvalue weighted by molar-refractivity contribution is 5.76. The van der Waals surface area contributed by atoms with Crippen molar-refractivity contribution in [3.05, 3.63) is 0 Å². The topological polar surface area (TPSA) is 52.6 Å². The number of carbonyl (C=O) groups is 2. The van der Waals surface area contributed by atoms with E-state index in [0.29, 0.717) is 19.6 Å². The fraction of sp³-hybridized carbons (Fsp3) is 0.923.